The van der Waals surface area contributed by atoms with Gasteiger partial charge in [0.15, 0.2) is 0 Å². The van der Waals surface area contributed by atoms with E-state index < -0.39 is 0 Å². The first kappa shape index (κ1) is 7.00. The molecule has 0 bridgehead atoms. The van der Waals surface area contributed by atoms with Gasteiger partial charge in [0.1, 0.15) is 5.76 Å². The summed E-state index contributed by atoms with van der Waals surface area (Å²) in [5, 5.41) is 13.4. The molecule has 56 valence electrons. The quantitative estimate of drug-likeness (QED) is 0.664. The van der Waals surface area contributed by atoms with Crippen LogP contribution in [0.15, 0.2) is 33.2 Å². The van der Waals surface area contributed by atoms with Crippen molar-refractivity contribution in [2.75, 3.05) is 0 Å². The van der Waals surface area contributed by atoms with Crippen LogP contribution in [0, 0.1) is 0 Å². The van der Waals surface area contributed by atoms with Crippen LogP contribution in [0.2, 0.25) is 0 Å². The van der Waals surface area contributed by atoms with Gasteiger partial charge in [0.25, 0.3) is 0 Å². The van der Waals surface area contributed by atoms with Crippen LogP contribution in [0.25, 0.3) is 5.76 Å². The highest BCUT2D eigenvalue weighted by atomic mass is 32.2. The molecule has 2 heterocycles. The van der Waals surface area contributed by atoms with Crippen molar-refractivity contribution in [3.63, 3.8) is 0 Å². The maximum atomic E-state index is 9.43. The van der Waals surface area contributed by atoms with Crippen molar-refractivity contribution in [2.45, 2.75) is 4.21 Å². The summed E-state index contributed by atoms with van der Waals surface area (Å²) in [5.74, 6) is 0.363. The SMILES string of the molecule is OC1=CC=CSc2sccc21. The molecule has 0 fully saturated rings. The number of aliphatic hydroxyl groups excluding tert-OH is 1. The molecule has 0 radical (unpaired) electrons. The van der Waals surface area contributed by atoms with E-state index in [9.17, 15) is 5.11 Å². The van der Waals surface area contributed by atoms with Gasteiger partial charge < -0.3 is 5.11 Å². The highest BCUT2D eigenvalue weighted by molar-refractivity contribution is 8.03. The van der Waals surface area contributed by atoms with Crippen molar-refractivity contribution in [3.8, 4) is 0 Å². The van der Waals surface area contributed by atoms with Crippen LogP contribution in [0.1, 0.15) is 5.56 Å². The van der Waals surface area contributed by atoms with Gasteiger partial charge in [0.2, 0.25) is 0 Å². The third kappa shape index (κ3) is 1.21. The molecule has 0 aliphatic carbocycles. The Morgan fingerprint density at radius 3 is 3.18 bits per heavy atom. The number of fused-ring (bicyclic) bond motifs is 1. The lowest BCUT2D eigenvalue weighted by Crippen LogP contribution is -1.77. The van der Waals surface area contributed by atoms with E-state index in [0.717, 1.165) is 9.77 Å². The number of hydrogen-bond donors (Lipinski definition) is 1. The average Bonchev–Trinajstić information content (AvgIpc) is 2.40. The Morgan fingerprint density at radius 2 is 2.27 bits per heavy atom. The molecule has 0 spiro atoms. The summed E-state index contributed by atoms with van der Waals surface area (Å²) >= 11 is 3.30. The van der Waals surface area contributed by atoms with Crippen molar-refractivity contribution in [3.05, 3.63) is 34.6 Å². The molecule has 1 aliphatic heterocycles. The Labute approximate surface area is 73.1 Å². The molecule has 0 aromatic carbocycles. The molecule has 2 rings (SSSR count). The molecule has 0 unspecified atom stereocenters. The summed E-state index contributed by atoms with van der Waals surface area (Å²) < 4.78 is 1.16. The van der Waals surface area contributed by atoms with Crippen LogP contribution in [0.3, 0.4) is 0 Å². The predicted octanol–water partition coefficient (Wildman–Crippen LogP) is 3.27. The zero-order valence-electron chi connectivity index (χ0n) is 5.65. The van der Waals surface area contributed by atoms with Crippen molar-refractivity contribution in [1.82, 2.24) is 0 Å². The molecule has 0 atom stereocenters. The van der Waals surface area contributed by atoms with Crippen LogP contribution in [-0.4, -0.2) is 5.11 Å². The molecular weight excluding hydrogens is 176 g/mol. The second-order valence-corrected chi connectivity index (χ2v) is 4.21. The summed E-state index contributed by atoms with van der Waals surface area (Å²) in [6.45, 7) is 0. The minimum Gasteiger partial charge on any atom is -0.507 e. The van der Waals surface area contributed by atoms with Crippen LogP contribution in [0.5, 0.6) is 0 Å². The number of hydrogen-bond acceptors (Lipinski definition) is 3. The molecule has 11 heavy (non-hydrogen) atoms. The van der Waals surface area contributed by atoms with E-state index in [-0.39, 0.29) is 0 Å². The molecule has 1 aromatic heterocycles. The Bertz CT molecular complexity index is 323. The Kier molecular flexibility index (Phi) is 1.75. The van der Waals surface area contributed by atoms with Crippen molar-refractivity contribution >= 4 is 28.9 Å². The van der Waals surface area contributed by atoms with Gasteiger partial charge in [0.05, 0.1) is 4.21 Å². The lowest BCUT2D eigenvalue weighted by molar-refractivity contribution is 0.511. The monoisotopic (exact) mass is 182 g/mol. The standard InChI is InChI=1S/C8H6OS2/c9-7-2-1-4-10-8-6(7)3-5-11-8/h1-5,9H. The number of thioether (sulfide) groups is 1. The highest BCUT2D eigenvalue weighted by Crippen LogP contribution is 2.34. The molecule has 1 nitrogen and oxygen atoms in total. The smallest absolute Gasteiger partial charge is 0.124 e. The first-order chi connectivity index (χ1) is 5.38. The van der Waals surface area contributed by atoms with Gasteiger partial charge in [-0.3, -0.25) is 0 Å². The summed E-state index contributed by atoms with van der Waals surface area (Å²) in [6.07, 6.45) is 3.57. The molecular formula is C8H6OS2. The van der Waals surface area contributed by atoms with E-state index in [4.69, 9.17) is 0 Å². The first-order valence-electron chi connectivity index (χ1n) is 3.18. The van der Waals surface area contributed by atoms with E-state index in [2.05, 4.69) is 0 Å². The Balaban J connectivity index is 2.56. The van der Waals surface area contributed by atoms with Gasteiger partial charge in [-0.2, -0.15) is 0 Å². The largest absolute Gasteiger partial charge is 0.507 e. The molecule has 1 N–H and O–H groups in total. The maximum Gasteiger partial charge on any atom is 0.124 e. The third-order valence-corrected chi connectivity index (χ3v) is 3.42. The summed E-state index contributed by atoms with van der Waals surface area (Å²) in [7, 11) is 0. The Hall–Kier alpha value is -0.670. The molecule has 0 saturated heterocycles. The predicted molar refractivity (Wildman–Crippen MR) is 49.9 cm³/mol. The zero-order valence-corrected chi connectivity index (χ0v) is 7.28. The topological polar surface area (TPSA) is 20.2 Å². The van der Waals surface area contributed by atoms with E-state index in [1.165, 1.54) is 0 Å². The first-order valence-corrected chi connectivity index (χ1v) is 4.94. The molecule has 3 heteroatoms. The van der Waals surface area contributed by atoms with Gasteiger partial charge in [-0.15, -0.1) is 11.3 Å². The number of aliphatic hydroxyl groups is 1. The minimum absolute atomic E-state index is 0.363. The van der Waals surface area contributed by atoms with Crippen LogP contribution in [0.4, 0.5) is 0 Å². The summed E-state index contributed by atoms with van der Waals surface area (Å²) in [4.78, 5) is 0. The number of rotatable bonds is 0. The summed E-state index contributed by atoms with van der Waals surface area (Å²) in [5.41, 5.74) is 0.949. The summed E-state index contributed by atoms with van der Waals surface area (Å²) in [6, 6.07) is 1.94. The second-order valence-electron chi connectivity index (χ2n) is 2.12. The molecule has 1 aliphatic rings. The fourth-order valence-electron chi connectivity index (χ4n) is 0.898. The average molecular weight is 182 g/mol. The van der Waals surface area contributed by atoms with Crippen molar-refractivity contribution in [2.24, 2.45) is 0 Å². The third-order valence-electron chi connectivity index (χ3n) is 1.41. The maximum absolute atomic E-state index is 9.43. The van der Waals surface area contributed by atoms with E-state index >= 15 is 0 Å². The highest BCUT2D eigenvalue weighted by Gasteiger charge is 2.08. The van der Waals surface area contributed by atoms with Crippen LogP contribution >= 0.6 is 23.1 Å². The fraction of sp³-hybridized carbons (Fsp3) is 0. The lowest BCUT2D eigenvalue weighted by atomic mass is 10.3. The Morgan fingerprint density at radius 1 is 1.36 bits per heavy atom. The molecule has 1 aromatic rings. The van der Waals surface area contributed by atoms with Crippen molar-refractivity contribution < 1.29 is 5.11 Å². The second kappa shape index (κ2) is 2.75. The van der Waals surface area contributed by atoms with Crippen LogP contribution < -0.4 is 0 Å². The van der Waals surface area contributed by atoms with Crippen LogP contribution in [-0.2, 0) is 0 Å². The zero-order chi connectivity index (χ0) is 7.68. The van der Waals surface area contributed by atoms with Gasteiger partial charge in [-0.25, -0.2) is 0 Å². The van der Waals surface area contributed by atoms with Gasteiger partial charge in [-0.1, -0.05) is 17.8 Å². The number of thiophene rings is 1. The van der Waals surface area contributed by atoms with Gasteiger partial charge in [0, 0.05) is 5.56 Å². The van der Waals surface area contributed by atoms with Crippen molar-refractivity contribution in [1.29, 1.82) is 0 Å². The van der Waals surface area contributed by atoms with E-state index in [1.54, 1.807) is 29.2 Å². The van der Waals surface area contributed by atoms with Gasteiger partial charge in [-0.05, 0) is 22.9 Å². The van der Waals surface area contributed by atoms with E-state index in [1.807, 2.05) is 22.9 Å². The molecule has 0 saturated carbocycles. The fourth-order valence-corrected chi connectivity index (χ4v) is 2.66. The van der Waals surface area contributed by atoms with E-state index in [0.29, 0.717) is 5.76 Å². The molecule has 0 amide bonds. The van der Waals surface area contributed by atoms with Gasteiger partial charge >= 0.3 is 0 Å². The lowest BCUT2D eigenvalue weighted by Gasteiger charge is -1.95. The number of allylic oxidation sites excluding steroid dienone is 2. The minimum atomic E-state index is 0.363. The normalized spacial score (nSPS) is 15.5.